The summed E-state index contributed by atoms with van der Waals surface area (Å²) < 4.78 is 6.13. The molecule has 0 saturated heterocycles. The summed E-state index contributed by atoms with van der Waals surface area (Å²) in [6, 6.07) is 7.52. The number of carbonyl (C=O) groups excluding carboxylic acids is 1. The Morgan fingerprint density at radius 1 is 1.37 bits per heavy atom. The Labute approximate surface area is 127 Å². The first-order valence-electron chi connectivity index (χ1n) is 6.43. The van der Waals surface area contributed by atoms with Gasteiger partial charge in [0.05, 0.1) is 6.61 Å². The molecule has 0 bridgehead atoms. The smallest absolute Gasteiger partial charge is 0.328 e. The van der Waals surface area contributed by atoms with E-state index in [-0.39, 0.29) is 12.0 Å². The second-order valence-corrected chi connectivity index (χ2v) is 6.25. The molecular weight excluding hydrogens is 326 g/mol. The van der Waals surface area contributed by atoms with Gasteiger partial charge in [0.15, 0.2) is 0 Å². The fraction of sp³-hybridized carbons (Fsp3) is 0.500. The summed E-state index contributed by atoms with van der Waals surface area (Å²) in [7, 11) is 0. The number of ether oxygens (including phenoxy) is 1. The van der Waals surface area contributed by atoms with E-state index in [2.05, 4.69) is 28.2 Å². The van der Waals surface area contributed by atoms with E-state index in [1.165, 1.54) is 0 Å². The highest BCUT2D eigenvalue weighted by Crippen LogP contribution is 2.17. The summed E-state index contributed by atoms with van der Waals surface area (Å²) >= 11 is 5.22. The molecule has 0 radical (unpaired) electrons. The Morgan fingerprint density at radius 3 is 2.63 bits per heavy atom. The second-order valence-electron chi connectivity index (χ2n) is 3.94. The van der Waals surface area contributed by atoms with Crippen LogP contribution in [-0.4, -0.2) is 30.1 Å². The number of anilines is 1. The molecule has 0 amide bonds. The minimum atomic E-state index is -0.278. The van der Waals surface area contributed by atoms with Crippen molar-refractivity contribution in [2.75, 3.05) is 23.4 Å². The van der Waals surface area contributed by atoms with E-state index in [1.807, 2.05) is 43.0 Å². The number of hydrogen-bond acceptors (Lipinski definition) is 4. The molecule has 0 aliphatic carbocycles. The zero-order valence-corrected chi connectivity index (χ0v) is 13.7. The lowest BCUT2D eigenvalue weighted by atomic mass is 10.2. The minimum absolute atomic E-state index is 0.179. The number of esters is 1. The molecule has 0 spiro atoms. The quantitative estimate of drug-likeness (QED) is 0.572. The first-order valence-corrected chi connectivity index (χ1v) is 8.38. The third-order valence-corrected chi connectivity index (χ3v) is 3.97. The number of hydrogen-bond donors (Lipinski definition) is 1. The molecule has 5 heteroatoms. The van der Waals surface area contributed by atoms with Crippen molar-refractivity contribution in [1.82, 2.24) is 0 Å². The summed E-state index contributed by atoms with van der Waals surface area (Å²) in [5.74, 6) is 1.83. The van der Waals surface area contributed by atoms with Gasteiger partial charge in [-0.15, -0.1) is 0 Å². The highest BCUT2D eigenvalue weighted by atomic mass is 79.9. The molecule has 1 unspecified atom stereocenters. The molecule has 1 aromatic carbocycles. The third-order valence-electron chi connectivity index (χ3n) is 2.51. The number of nitrogens with one attached hydrogen (secondary N) is 1. The number of benzene rings is 1. The molecule has 0 saturated carbocycles. The number of halogens is 1. The van der Waals surface area contributed by atoms with Crippen LogP contribution in [0.4, 0.5) is 5.69 Å². The van der Waals surface area contributed by atoms with Crippen molar-refractivity contribution in [3.8, 4) is 0 Å². The predicted octanol–water partition coefficient (Wildman–Crippen LogP) is 3.94. The molecule has 1 aromatic rings. The fourth-order valence-corrected chi connectivity index (χ4v) is 2.54. The fourth-order valence-electron chi connectivity index (χ4n) is 1.58. The van der Waals surface area contributed by atoms with E-state index in [0.717, 1.165) is 28.1 Å². The van der Waals surface area contributed by atoms with Gasteiger partial charge in [-0.1, -0.05) is 22.9 Å². The van der Waals surface area contributed by atoms with Crippen LogP contribution in [0.5, 0.6) is 0 Å². The van der Waals surface area contributed by atoms with Crippen molar-refractivity contribution >= 4 is 39.3 Å². The highest BCUT2D eigenvalue weighted by Gasteiger charge is 2.19. The van der Waals surface area contributed by atoms with Gasteiger partial charge in [0.2, 0.25) is 0 Å². The summed E-state index contributed by atoms with van der Waals surface area (Å²) in [5.41, 5.74) is 0.933. The van der Waals surface area contributed by atoms with Crippen molar-refractivity contribution < 1.29 is 9.53 Å². The van der Waals surface area contributed by atoms with E-state index in [4.69, 9.17) is 4.74 Å². The number of carbonyl (C=O) groups is 1. The van der Waals surface area contributed by atoms with E-state index >= 15 is 0 Å². The topological polar surface area (TPSA) is 38.3 Å². The van der Waals surface area contributed by atoms with Crippen LogP contribution in [-0.2, 0) is 9.53 Å². The second kappa shape index (κ2) is 9.26. The zero-order chi connectivity index (χ0) is 14.1. The van der Waals surface area contributed by atoms with Crippen LogP contribution in [0.25, 0.3) is 0 Å². The SMILES string of the molecule is CCOC(=O)C(CCSCC)Nc1ccc(Br)cc1. The first-order chi connectivity index (χ1) is 9.17. The molecule has 0 aromatic heterocycles. The van der Waals surface area contributed by atoms with Gasteiger partial charge in [0, 0.05) is 10.2 Å². The van der Waals surface area contributed by atoms with Crippen molar-refractivity contribution in [1.29, 1.82) is 0 Å². The monoisotopic (exact) mass is 345 g/mol. The minimum Gasteiger partial charge on any atom is -0.464 e. The predicted molar refractivity (Wildman–Crippen MR) is 85.8 cm³/mol. The normalized spacial score (nSPS) is 11.9. The zero-order valence-electron chi connectivity index (χ0n) is 11.3. The summed E-state index contributed by atoms with van der Waals surface area (Å²) in [4.78, 5) is 11.9. The van der Waals surface area contributed by atoms with Gasteiger partial charge in [-0.05, 0) is 49.1 Å². The maximum Gasteiger partial charge on any atom is 0.328 e. The molecule has 1 atom stereocenters. The Morgan fingerprint density at radius 2 is 2.05 bits per heavy atom. The molecular formula is C14H20BrNO2S. The Balaban J connectivity index is 2.61. The molecule has 0 heterocycles. The lowest BCUT2D eigenvalue weighted by Crippen LogP contribution is -2.32. The Kier molecular flexibility index (Phi) is 7.98. The summed E-state index contributed by atoms with van der Waals surface area (Å²) in [6.45, 7) is 4.36. The summed E-state index contributed by atoms with van der Waals surface area (Å²) in [6.07, 6.45) is 0.771. The van der Waals surface area contributed by atoms with Crippen LogP contribution in [0.1, 0.15) is 20.3 Å². The summed E-state index contributed by atoms with van der Waals surface area (Å²) in [5, 5.41) is 3.24. The van der Waals surface area contributed by atoms with E-state index in [0.29, 0.717) is 6.61 Å². The van der Waals surface area contributed by atoms with Crippen LogP contribution >= 0.6 is 27.7 Å². The largest absolute Gasteiger partial charge is 0.464 e. The first kappa shape index (κ1) is 16.4. The number of thioether (sulfide) groups is 1. The highest BCUT2D eigenvalue weighted by molar-refractivity contribution is 9.10. The van der Waals surface area contributed by atoms with E-state index in [1.54, 1.807) is 0 Å². The van der Waals surface area contributed by atoms with Crippen molar-refractivity contribution in [3.05, 3.63) is 28.7 Å². The van der Waals surface area contributed by atoms with Gasteiger partial charge in [0.1, 0.15) is 6.04 Å². The average Bonchev–Trinajstić information content (AvgIpc) is 2.40. The third kappa shape index (κ3) is 6.34. The lowest BCUT2D eigenvalue weighted by Gasteiger charge is -2.18. The van der Waals surface area contributed by atoms with Crippen LogP contribution in [0.3, 0.4) is 0 Å². The lowest BCUT2D eigenvalue weighted by molar-refractivity contribution is -0.144. The van der Waals surface area contributed by atoms with E-state index < -0.39 is 0 Å². The Bertz CT molecular complexity index is 384. The van der Waals surface area contributed by atoms with Gasteiger partial charge in [-0.2, -0.15) is 11.8 Å². The van der Waals surface area contributed by atoms with Crippen LogP contribution in [0, 0.1) is 0 Å². The van der Waals surface area contributed by atoms with Crippen LogP contribution in [0.15, 0.2) is 28.7 Å². The molecule has 0 fully saturated rings. The molecule has 0 aliphatic heterocycles. The average molecular weight is 346 g/mol. The van der Waals surface area contributed by atoms with Crippen molar-refractivity contribution in [3.63, 3.8) is 0 Å². The standard InChI is InChI=1S/C14H20BrNO2S/c1-3-18-14(17)13(9-10-19-4-2)16-12-7-5-11(15)6-8-12/h5-8,13,16H,3-4,9-10H2,1-2H3. The molecule has 0 aliphatic rings. The van der Waals surface area contributed by atoms with Gasteiger partial charge in [-0.25, -0.2) is 4.79 Å². The van der Waals surface area contributed by atoms with E-state index in [9.17, 15) is 4.79 Å². The van der Waals surface area contributed by atoms with Crippen molar-refractivity contribution in [2.45, 2.75) is 26.3 Å². The molecule has 19 heavy (non-hydrogen) atoms. The maximum atomic E-state index is 11.9. The number of rotatable bonds is 8. The van der Waals surface area contributed by atoms with Gasteiger partial charge in [-0.3, -0.25) is 0 Å². The van der Waals surface area contributed by atoms with Gasteiger partial charge < -0.3 is 10.1 Å². The van der Waals surface area contributed by atoms with Crippen molar-refractivity contribution in [2.24, 2.45) is 0 Å². The molecule has 1 N–H and O–H groups in total. The van der Waals surface area contributed by atoms with Gasteiger partial charge >= 0.3 is 5.97 Å². The van der Waals surface area contributed by atoms with Crippen LogP contribution in [0.2, 0.25) is 0 Å². The molecule has 1 rings (SSSR count). The van der Waals surface area contributed by atoms with Gasteiger partial charge in [0.25, 0.3) is 0 Å². The molecule has 3 nitrogen and oxygen atoms in total. The maximum absolute atomic E-state index is 11.9. The molecule has 106 valence electrons. The van der Waals surface area contributed by atoms with Crippen LogP contribution < -0.4 is 5.32 Å². The Hall–Kier alpha value is -0.680.